The van der Waals surface area contributed by atoms with E-state index in [4.69, 9.17) is 0 Å². The summed E-state index contributed by atoms with van der Waals surface area (Å²) in [5.74, 6) is 0. The zero-order chi connectivity index (χ0) is 7.52. The molecule has 2 heterocycles. The molecular formula is C8H7N3. The molecule has 0 saturated carbocycles. The fourth-order valence-electron chi connectivity index (χ4n) is 1.00. The van der Waals surface area contributed by atoms with Crippen molar-refractivity contribution in [3.05, 3.63) is 30.0 Å². The molecule has 0 radical (unpaired) electrons. The molecule has 0 aromatic carbocycles. The first kappa shape index (κ1) is 6.22. The van der Waals surface area contributed by atoms with Gasteiger partial charge in [0.25, 0.3) is 0 Å². The summed E-state index contributed by atoms with van der Waals surface area (Å²) in [4.78, 5) is 12.0. The van der Waals surface area contributed by atoms with Gasteiger partial charge in [0, 0.05) is 30.6 Å². The molecule has 0 unspecified atom stereocenters. The molecule has 0 N–H and O–H groups in total. The van der Waals surface area contributed by atoms with Gasteiger partial charge in [-0.3, -0.25) is 4.99 Å². The summed E-state index contributed by atoms with van der Waals surface area (Å²) >= 11 is 0. The first-order valence-corrected chi connectivity index (χ1v) is 3.44. The van der Waals surface area contributed by atoms with Crippen LogP contribution in [0.25, 0.3) is 6.08 Å². The summed E-state index contributed by atoms with van der Waals surface area (Å²) < 4.78 is 0. The molecule has 3 nitrogen and oxygen atoms in total. The third-order valence-electron chi connectivity index (χ3n) is 1.56. The van der Waals surface area contributed by atoms with Crippen LogP contribution in [0.3, 0.4) is 0 Å². The second-order valence-electron chi connectivity index (χ2n) is 2.28. The van der Waals surface area contributed by atoms with E-state index in [9.17, 15) is 0 Å². The van der Waals surface area contributed by atoms with Gasteiger partial charge in [0.2, 0.25) is 0 Å². The van der Waals surface area contributed by atoms with Crippen LogP contribution in [0.1, 0.15) is 11.3 Å². The van der Waals surface area contributed by atoms with E-state index in [-0.39, 0.29) is 0 Å². The van der Waals surface area contributed by atoms with Crippen molar-refractivity contribution < 1.29 is 0 Å². The van der Waals surface area contributed by atoms with Crippen LogP contribution < -0.4 is 0 Å². The molecule has 1 aliphatic rings. The van der Waals surface area contributed by atoms with E-state index in [1.807, 2.05) is 18.5 Å². The number of fused-ring (bicyclic) bond motifs is 1. The molecule has 3 heteroatoms. The highest BCUT2D eigenvalue weighted by Gasteiger charge is 1.99. The number of aliphatic imine (C=N–C) groups is 1. The Labute approximate surface area is 64.5 Å². The summed E-state index contributed by atoms with van der Waals surface area (Å²) in [5.41, 5.74) is 2.10. The van der Waals surface area contributed by atoms with Crippen LogP contribution >= 0.6 is 0 Å². The van der Waals surface area contributed by atoms with Crippen LogP contribution in [0.15, 0.2) is 23.7 Å². The molecule has 54 valence electrons. The highest BCUT2D eigenvalue weighted by Crippen LogP contribution is 2.07. The van der Waals surface area contributed by atoms with Crippen LogP contribution in [0, 0.1) is 0 Å². The normalized spacial score (nSPS) is 14.2. The Bertz CT molecular complexity index is 315. The quantitative estimate of drug-likeness (QED) is 0.547. The lowest BCUT2D eigenvalue weighted by Gasteiger charge is -1.96. The van der Waals surface area contributed by atoms with Crippen LogP contribution in [-0.2, 0) is 6.42 Å². The summed E-state index contributed by atoms with van der Waals surface area (Å²) in [6.45, 7) is 0. The van der Waals surface area contributed by atoms with Gasteiger partial charge in [-0.2, -0.15) is 0 Å². The van der Waals surface area contributed by atoms with Crippen molar-refractivity contribution in [2.75, 3.05) is 0 Å². The Morgan fingerprint density at radius 1 is 1.36 bits per heavy atom. The van der Waals surface area contributed by atoms with Crippen molar-refractivity contribution in [1.82, 2.24) is 9.97 Å². The maximum Gasteiger partial charge on any atom is 0.116 e. The van der Waals surface area contributed by atoms with E-state index < -0.39 is 0 Å². The van der Waals surface area contributed by atoms with E-state index in [2.05, 4.69) is 15.0 Å². The lowest BCUT2D eigenvalue weighted by Crippen LogP contribution is -1.92. The molecule has 0 amide bonds. The monoisotopic (exact) mass is 145 g/mol. The van der Waals surface area contributed by atoms with Gasteiger partial charge in [-0.25, -0.2) is 9.97 Å². The number of hydrogen-bond donors (Lipinski definition) is 0. The summed E-state index contributed by atoms with van der Waals surface area (Å²) in [7, 11) is 0. The van der Waals surface area contributed by atoms with E-state index in [0.717, 1.165) is 17.7 Å². The lowest BCUT2D eigenvalue weighted by molar-refractivity contribution is 1.10. The highest BCUT2D eigenvalue weighted by atomic mass is 14.8. The molecule has 1 aliphatic heterocycles. The van der Waals surface area contributed by atoms with Gasteiger partial charge >= 0.3 is 0 Å². The summed E-state index contributed by atoms with van der Waals surface area (Å²) in [5, 5.41) is 0. The average molecular weight is 145 g/mol. The van der Waals surface area contributed by atoms with Crippen LogP contribution in [0.4, 0.5) is 0 Å². The summed E-state index contributed by atoms with van der Waals surface area (Å²) in [6.07, 6.45) is 9.69. The van der Waals surface area contributed by atoms with Crippen molar-refractivity contribution in [3.8, 4) is 0 Å². The van der Waals surface area contributed by atoms with Crippen molar-refractivity contribution >= 4 is 12.3 Å². The summed E-state index contributed by atoms with van der Waals surface area (Å²) in [6, 6.07) is 0. The minimum Gasteiger partial charge on any atom is -0.269 e. The predicted octanol–water partition coefficient (Wildman–Crippen LogP) is 1.07. The fourth-order valence-corrected chi connectivity index (χ4v) is 1.00. The van der Waals surface area contributed by atoms with Crippen LogP contribution in [0.2, 0.25) is 0 Å². The van der Waals surface area contributed by atoms with E-state index in [1.165, 1.54) is 0 Å². The molecule has 2 rings (SSSR count). The number of hydrogen-bond acceptors (Lipinski definition) is 3. The number of rotatable bonds is 0. The zero-order valence-electron chi connectivity index (χ0n) is 5.94. The van der Waals surface area contributed by atoms with Gasteiger partial charge in [-0.05, 0) is 6.08 Å². The third kappa shape index (κ3) is 1.17. The Hall–Kier alpha value is -1.51. The smallest absolute Gasteiger partial charge is 0.116 e. The van der Waals surface area contributed by atoms with E-state index in [1.54, 1.807) is 12.5 Å². The first-order valence-electron chi connectivity index (χ1n) is 3.44. The van der Waals surface area contributed by atoms with Gasteiger partial charge in [0.15, 0.2) is 0 Å². The average Bonchev–Trinajstić information content (AvgIpc) is 2.28. The minimum absolute atomic E-state index is 0.823. The van der Waals surface area contributed by atoms with Gasteiger partial charge in [0.05, 0.1) is 5.69 Å². The van der Waals surface area contributed by atoms with Crippen LogP contribution in [0.5, 0.6) is 0 Å². The third-order valence-corrected chi connectivity index (χ3v) is 1.56. The van der Waals surface area contributed by atoms with Gasteiger partial charge in [-0.1, -0.05) is 0 Å². The fraction of sp³-hybridized carbons (Fsp3) is 0.125. The highest BCUT2D eigenvalue weighted by molar-refractivity contribution is 5.68. The standard InChI is InChI=1S/C8H7N3/c1-3-9-4-2-8-7(1)5-10-6-11-8/h2-6H,1H2. The van der Waals surface area contributed by atoms with E-state index in [0.29, 0.717) is 0 Å². The van der Waals surface area contributed by atoms with Crippen molar-refractivity contribution in [2.45, 2.75) is 6.42 Å². The van der Waals surface area contributed by atoms with Crippen molar-refractivity contribution in [1.29, 1.82) is 0 Å². The number of aromatic nitrogens is 2. The van der Waals surface area contributed by atoms with Crippen molar-refractivity contribution in [2.24, 2.45) is 4.99 Å². The Kier molecular flexibility index (Phi) is 1.48. The first-order chi connectivity index (χ1) is 5.47. The topological polar surface area (TPSA) is 38.1 Å². The molecule has 0 fully saturated rings. The Balaban J connectivity index is 2.52. The molecule has 0 aliphatic carbocycles. The molecule has 1 aromatic rings. The van der Waals surface area contributed by atoms with Gasteiger partial charge in [-0.15, -0.1) is 0 Å². The zero-order valence-corrected chi connectivity index (χ0v) is 5.94. The van der Waals surface area contributed by atoms with Gasteiger partial charge in [0.1, 0.15) is 6.33 Å². The molecule has 0 saturated heterocycles. The second-order valence-corrected chi connectivity index (χ2v) is 2.28. The number of nitrogens with zero attached hydrogens (tertiary/aromatic N) is 3. The molecule has 0 bridgehead atoms. The molecule has 1 aromatic heterocycles. The maximum atomic E-state index is 4.10. The predicted molar refractivity (Wildman–Crippen MR) is 43.3 cm³/mol. The van der Waals surface area contributed by atoms with Gasteiger partial charge < -0.3 is 0 Å². The molecule has 0 atom stereocenters. The second kappa shape index (κ2) is 2.62. The lowest BCUT2D eigenvalue weighted by atomic mass is 10.2. The largest absolute Gasteiger partial charge is 0.269 e. The minimum atomic E-state index is 0.823. The van der Waals surface area contributed by atoms with E-state index >= 15 is 0 Å². The molecule has 11 heavy (non-hydrogen) atoms. The Morgan fingerprint density at radius 3 is 3.36 bits per heavy atom. The van der Waals surface area contributed by atoms with Crippen molar-refractivity contribution in [3.63, 3.8) is 0 Å². The maximum absolute atomic E-state index is 4.10. The molecular weight excluding hydrogens is 138 g/mol. The van der Waals surface area contributed by atoms with Crippen LogP contribution in [-0.4, -0.2) is 16.2 Å². The molecule has 0 spiro atoms. The SMILES string of the molecule is C1=Cc2ncncc2CC=N1. The Morgan fingerprint density at radius 2 is 2.36 bits per heavy atom.